The third kappa shape index (κ3) is 4.75. The van der Waals surface area contributed by atoms with E-state index in [0.717, 1.165) is 0 Å². The Morgan fingerprint density at radius 1 is 1.21 bits per heavy atom. The zero-order valence-corrected chi connectivity index (χ0v) is 17.2. The number of carbonyl (C=O) groups is 1. The molecular weight excluding hydrogens is 440 g/mol. The van der Waals surface area contributed by atoms with Crippen LogP contribution < -0.4 is 15.8 Å². The van der Waals surface area contributed by atoms with Crippen molar-refractivity contribution < 1.29 is 13.4 Å². The third-order valence-electron chi connectivity index (χ3n) is 3.96. The lowest BCUT2D eigenvalue weighted by Crippen LogP contribution is -2.15. The number of hydrogen-bond donors (Lipinski definition) is 3. The van der Waals surface area contributed by atoms with Gasteiger partial charge in [0.25, 0.3) is 5.91 Å². The smallest absolute Gasteiger partial charge is 0.257 e. The number of nitrogens with one attached hydrogen (secondary N) is 2. The number of hydrogen-bond acceptors (Lipinski definition) is 5. The Hall–Kier alpha value is -2.49. The SMILES string of the molecule is Nc1ncnc2c(C(=O)Nc3c(Cl)ccc(NS(=O)CCCF)c3Cl)cccc12. The summed E-state index contributed by atoms with van der Waals surface area (Å²) in [6.45, 7) is -0.567. The van der Waals surface area contributed by atoms with Crippen LogP contribution in [0, 0.1) is 0 Å². The summed E-state index contributed by atoms with van der Waals surface area (Å²) in [5.74, 6) is -0.134. The molecule has 0 radical (unpaired) electrons. The summed E-state index contributed by atoms with van der Waals surface area (Å²) in [5, 5.41) is 3.47. The van der Waals surface area contributed by atoms with Crippen LogP contribution in [-0.2, 0) is 11.0 Å². The van der Waals surface area contributed by atoms with Gasteiger partial charge in [-0.3, -0.25) is 9.18 Å². The number of nitrogens with zero attached hydrogens (tertiary/aromatic N) is 2. The number of rotatable bonds is 7. The van der Waals surface area contributed by atoms with E-state index in [4.69, 9.17) is 28.9 Å². The number of aromatic nitrogens is 2. The number of nitrogens with two attached hydrogens (primary N) is 1. The standard InChI is InChI=1S/C18H16Cl2FN5O2S/c19-12-5-6-13(26-29(28)8-2-7-21)14(20)16(12)25-18(27)11-4-1-3-10-15(11)23-9-24-17(10)22/h1,3-6,9,26H,2,7-8H2,(H,25,27)(H2,22,23,24). The molecule has 1 atom stereocenters. The maximum atomic E-state index is 12.9. The van der Waals surface area contributed by atoms with Gasteiger partial charge in [0.05, 0.1) is 39.2 Å². The molecule has 1 aromatic heterocycles. The summed E-state index contributed by atoms with van der Waals surface area (Å²) >= 11 is 12.6. The van der Waals surface area contributed by atoms with E-state index < -0.39 is 23.6 Å². The van der Waals surface area contributed by atoms with Crippen LogP contribution in [0.4, 0.5) is 21.6 Å². The number of para-hydroxylation sites is 1. The lowest BCUT2D eigenvalue weighted by molar-refractivity contribution is 0.102. The van der Waals surface area contributed by atoms with Crippen LogP contribution in [-0.4, -0.2) is 32.5 Å². The number of fused-ring (bicyclic) bond motifs is 1. The van der Waals surface area contributed by atoms with Crippen molar-refractivity contribution in [2.24, 2.45) is 0 Å². The van der Waals surface area contributed by atoms with Gasteiger partial charge < -0.3 is 15.8 Å². The maximum absolute atomic E-state index is 12.9. The second-order valence-corrected chi connectivity index (χ2v) is 7.98. The van der Waals surface area contributed by atoms with E-state index in [1.165, 1.54) is 18.5 Å². The number of amides is 1. The van der Waals surface area contributed by atoms with E-state index in [2.05, 4.69) is 20.0 Å². The molecule has 11 heteroatoms. The van der Waals surface area contributed by atoms with E-state index in [1.54, 1.807) is 18.2 Å². The maximum Gasteiger partial charge on any atom is 0.257 e. The van der Waals surface area contributed by atoms with E-state index in [-0.39, 0.29) is 39.3 Å². The molecule has 1 heterocycles. The van der Waals surface area contributed by atoms with Gasteiger partial charge >= 0.3 is 0 Å². The highest BCUT2D eigenvalue weighted by Crippen LogP contribution is 2.37. The Kier molecular flexibility index (Phi) is 6.83. The molecule has 29 heavy (non-hydrogen) atoms. The number of alkyl halides is 1. The van der Waals surface area contributed by atoms with Crippen molar-refractivity contribution in [3.8, 4) is 0 Å². The molecule has 0 spiro atoms. The second-order valence-electron chi connectivity index (χ2n) is 5.89. The number of nitrogen functional groups attached to an aromatic ring is 1. The van der Waals surface area contributed by atoms with Crippen molar-refractivity contribution in [2.75, 3.05) is 28.2 Å². The van der Waals surface area contributed by atoms with Gasteiger partial charge in [0.2, 0.25) is 0 Å². The normalized spacial score (nSPS) is 12.0. The fourth-order valence-electron chi connectivity index (χ4n) is 2.58. The van der Waals surface area contributed by atoms with Gasteiger partial charge in [-0.2, -0.15) is 0 Å². The monoisotopic (exact) mass is 455 g/mol. The largest absolute Gasteiger partial charge is 0.383 e. The molecule has 152 valence electrons. The van der Waals surface area contributed by atoms with Crippen molar-refractivity contribution in [1.29, 1.82) is 0 Å². The Morgan fingerprint density at radius 2 is 2.00 bits per heavy atom. The van der Waals surface area contributed by atoms with Crippen LogP contribution in [0.15, 0.2) is 36.7 Å². The van der Waals surface area contributed by atoms with Crippen LogP contribution in [0.3, 0.4) is 0 Å². The molecule has 3 rings (SSSR count). The highest BCUT2D eigenvalue weighted by atomic mass is 35.5. The van der Waals surface area contributed by atoms with E-state index in [0.29, 0.717) is 16.6 Å². The summed E-state index contributed by atoms with van der Waals surface area (Å²) in [4.78, 5) is 20.9. The fraction of sp³-hybridized carbons (Fsp3) is 0.167. The van der Waals surface area contributed by atoms with Crippen molar-refractivity contribution in [1.82, 2.24) is 9.97 Å². The predicted molar refractivity (Wildman–Crippen MR) is 116 cm³/mol. The van der Waals surface area contributed by atoms with Crippen molar-refractivity contribution in [3.63, 3.8) is 0 Å². The Bertz CT molecular complexity index is 1100. The summed E-state index contributed by atoms with van der Waals surface area (Å²) < 4.78 is 26.9. The third-order valence-corrected chi connectivity index (χ3v) is 5.77. The van der Waals surface area contributed by atoms with Crippen molar-refractivity contribution >= 4 is 68.2 Å². The van der Waals surface area contributed by atoms with Crippen LogP contribution in [0.2, 0.25) is 10.0 Å². The van der Waals surface area contributed by atoms with Crippen molar-refractivity contribution in [2.45, 2.75) is 6.42 Å². The molecule has 7 nitrogen and oxygen atoms in total. The molecule has 3 aromatic rings. The summed E-state index contributed by atoms with van der Waals surface area (Å²) in [6.07, 6.45) is 1.42. The molecule has 0 saturated carbocycles. The van der Waals surface area contributed by atoms with Gasteiger partial charge in [0.1, 0.15) is 23.1 Å². The van der Waals surface area contributed by atoms with Gasteiger partial charge in [-0.25, -0.2) is 14.2 Å². The highest BCUT2D eigenvalue weighted by molar-refractivity contribution is 7.86. The van der Waals surface area contributed by atoms with Crippen LogP contribution >= 0.6 is 23.2 Å². The quantitative estimate of drug-likeness (QED) is 0.494. The van der Waals surface area contributed by atoms with Gasteiger partial charge in [-0.1, -0.05) is 29.3 Å². The first-order valence-corrected chi connectivity index (χ1v) is 10.5. The first-order chi connectivity index (χ1) is 13.9. The molecular formula is C18H16Cl2FN5O2S. The van der Waals surface area contributed by atoms with E-state index in [9.17, 15) is 13.4 Å². The summed E-state index contributed by atoms with van der Waals surface area (Å²) in [6, 6.07) is 7.98. The summed E-state index contributed by atoms with van der Waals surface area (Å²) in [5.41, 5.74) is 6.92. The molecule has 0 bridgehead atoms. The average Bonchev–Trinajstić information content (AvgIpc) is 2.71. The molecule has 0 aliphatic rings. The van der Waals surface area contributed by atoms with Crippen molar-refractivity contribution in [3.05, 3.63) is 52.3 Å². The highest BCUT2D eigenvalue weighted by Gasteiger charge is 2.18. The lowest BCUT2D eigenvalue weighted by atomic mass is 10.1. The number of carbonyl (C=O) groups excluding carboxylic acids is 1. The predicted octanol–water partition coefficient (Wildman–Crippen LogP) is 4.21. The van der Waals surface area contributed by atoms with Crippen LogP contribution in [0.1, 0.15) is 16.8 Å². The second kappa shape index (κ2) is 9.34. The molecule has 0 fully saturated rings. The minimum Gasteiger partial charge on any atom is -0.383 e. The van der Waals surface area contributed by atoms with Gasteiger partial charge in [0, 0.05) is 11.1 Å². The van der Waals surface area contributed by atoms with Gasteiger partial charge in [0.15, 0.2) is 0 Å². The average molecular weight is 456 g/mol. The Balaban J connectivity index is 1.90. The minimum absolute atomic E-state index is 0.0776. The zero-order chi connectivity index (χ0) is 21.0. The first kappa shape index (κ1) is 21.2. The lowest BCUT2D eigenvalue weighted by Gasteiger charge is -2.14. The molecule has 4 N–H and O–H groups in total. The zero-order valence-electron chi connectivity index (χ0n) is 14.9. The molecule has 0 aliphatic carbocycles. The number of anilines is 3. The Morgan fingerprint density at radius 3 is 2.76 bits per heavy atom. The van der Waals surface area contributed by atoms with Gasteiger partial charge in [-0.05, 0) is 30.7 Å². The van der Waals surface area contributed by atoms with E-state index >= 15 is 0 Å². The number of benzene rings is 2. The number of halogens is 3. The molecule has 2 aromatic carbocycles. The molecule has 0 saturated heterocycles. The summed E-state index contributed by atoms with van der Waals surface area (Å²) in [7, 11) is -1.53. The molecule has 1 amide bonds. The molecule has 1 unspecified atom stereocenters. The Labute approximate surface area is 178 Å². The van der Waals surface area contributed by atoms with E-state index in [1.807, 2.05) is 0 Å². The molecule has 0 aliphatic heterocycles. The fourth-order valence-corrected chi connectivity index (χ4v) is 4.03. The van der Waals surface area contributed by atoms with Crippen LogP contribution in [0.25, 0.3) is 10.9 Å². The minimum atomic E-state index is -1.53. The first-order valence-electron chi connectivity index (χ1n) is 8.42. The topological polar surface area (TPSA) is 110 Å². The van der Waals surface area contributed by atoms with Gasteiger partial charge in [-0.15, -0.1) is 0 Å². The van der Waals surface area contributed by atoms with Crippen LogP contribution in [0.5, 0.6) is 0 Å².